The SMILES string of the molecule is CCCCCCCNCc1ccc(OCc2cccc(C)c2)c(OC)c1. The van der Waals surface area contributed by atoms with Crippen molar-refractivity contribution >= 4 is 0 Å². The van der Waals surface area contributed by atoms with Gasteiger partial charge in [0.15, 0.2) is 11.5 Å². The Kier molecular flexibility index (Phi) is 9.05. The quantitative estimate of drug-likeness (QED) is 0.500. The molecule has 0 heterocycles. The van der Waals surface area contributed by atoms with E-state index in [0.717, 1.165) is 24.6 Å². The summed E-state index contributed by atoms with van der Waals surface area (Å²) in [7, 11) is 1.69. The Bertz CT molecular complexity index is 654. The summed E-state index contributed by atoms with van der Waals surface area (Å²) in [6, 6.07) is 14.6. The lowest BCUT2D eigenvalue weighted by atomic mass is 10.1. The van der Waals surface area contributed by atoms with Crippen molar-refractivity contribution in [3.05, 3.63) is 59.2 Å². The van der Waals surface area contributed by atoms with Crippen LogP contribution in [0.1, 0.15) is 55.7 Å². The molecule has 0 spiro atoms. The molecule has 0 saturated heterocycles. The zero-order valence-corrected chi connectivity index (χ0v) is 16.5. The van der Waals surface area contributed by atoms with Gasteiger partial charge in [-0.3, -0.25) is 0 Å². The highest BCUT2D eigenvalue weighted by atomic mass is 16.5. The predicted octanol–water partition coefficient (Wildman–Crippen LogP) is 5.64. The molecule has 2 rings (SSSR count). The Labute approximate surface area is 158 Å². The molecule has 26 heavy (non-hydrogen) atoms. The number of methoxy groups -OCH3 is 1. The lowest BCUT2D eigenvalue weighted by Gasteiger charge is -2.13. The zero-order valence-electron chi connectivity index (χ0n) is 16.5. The normalized spacial score (nSPS) is 10.7. The fraction of sp³-hybridized carbons (Fsp3) is 0.478. The third kappa shape index (κ3) is 7.09. The van der Waals surface area contributed by atoms with Crippen LogP contribution in [0.3, 0.4) is 0 Å². The van der Waals surface area contributed by atoms with E-state index in [0.29, 0.717) is 6.61 Å². The lowest BCUT2D eigenvalue weighted by Crippen LogP contribution is -2.14. The van der Waals surface area contributed by atoms with Gasteiger partial charge in [-0.1, -0.05) is 68.5 Å². The first-order valence-electron chi connectivity index (χ1n) is 9.79. The number of hydrogen-bond donors (Lipinski definition) is 1. The molecular formula is C23H33NO2. The molecule has 0 aromatic heterocycles. The van der Waals surface area contributed by atoms with E-state index in [4.69, 9.17) is 9.47 Å². The Balaban J connectivity index is 1.80. The number of benzene rings is 2. The minimum Gasteiger partial charge on any atom is -0.493 e. The molecule has 0 saturated carbocycles. The van der Waals surface area contributed by atoms with Crippen molar-refractivity contribution in [1.82, 2.24) is 5.32 Å². The van der Waals surface area contributed by atoms with Gasteiger partial charge < -0.3 is 14.8 Å². The van der Waals surface area contributed by atoms with Gasteiger partial charge in [0.1, 0.15) is 6.61 Å². The van der Waals surface area contributed by atoms with Gasteiger partial charge in [0.2, 0.25) is 0 Å². The summed E-state index contributed by atoms with van der Waals surface area (Å²) in [4.78, 5) is 0. The Morgan fingerprint density at radius 3 is 2.50 bits per heavy atom. The van der Waals surface area contributed by atoms with Gasteiger partial charge >= 0.3 is 0 Å². The highest BCUT2D eigenvalue weighted by Crippen LogP contribution is 2.29. The number of hydrogen-bond acceptors (Lipinski definition) is 3. The van der Waals surface area contributed by atoms with E-state index < -0.39 is 0 Å². The number of unbranched alkanes of at least 4 members (excludes halogenated alkanes) is 4. The van der Waals surface area contributed by atoms with Crippen LogP contribution in [0.25, 0.3) is 0 Å². The van der Waals surface area contributed by atoms with Gasteiger partial charge in [-0.15, -0.1) is 0 Å². The summed E-state index contributed by atoms with van der Waals surface area (Å²) in [6.45, 7) is 6.82. The monoisotopic (exact) mass is 355 g/mol. The molecule has 0 aliphatic carbocycles. The molecular weight excluding hydrogens is 322 g/mol. The average molecular weight is 356 g/mol. The molecule has 0 radical (unpaired) electrons. The van der Waals surface area contributed by atoms with Gasteiger partial charge in [-0.05, 0) is 43.1 Å². The summed E-state index contributed by atoms with van der Waals surface area (Å²) in [5, 5.41) is 3.52. The van der Waals surface area contributed by atoms with Crippen LogP contribution in [-0.4, -0.2) is 13.7 Å². The van der Waals surface area contributed by atoms with Crippen LogP contribution < -0.4 is 14.8 Å². The number of aryl methyl sites for hydroxylation is 1. The molecule has 0 unspecified atom stereocenters. The minimum absolute atomic E-state index is 0.549. The van der Waals surface area contributed by atoms with Crippen molar-refractivity contribution in [2.75, 3.05) is 13.7 Å². The lowest BCUT2D eigenvalue weighted by molar-refractivity contribution is 0.284. The second-order valence-electron chi connectivity index (χ2n) is 6.85. The summed E-state index contributed by atoms with van der Waals surface area (Å²) >= 11 is 0. The zero-order chi connectivity index (χ0) is 18.6. The van der Waals surface area contributed by atoms with E-state index in [1.54, 1.807) is 7.11 Å². The summed E-state index contributed by atoms with van der Waals surface area (Å²) < 4.78 is 11.5. The molecule has 0 fully saturated rings. The molecule has 142 valence electrons. The van der Waals surface area contributed by atoms with E-state index in [9.17, 15) is 0 Å². The largest absolute Gasteiger partial charge is 0.493 e. The Morgan fingerprint density at radius 2 is 1.73 bits per heavy atom. The fourth-order valence-corrected chi connectivity index (χ4v) is 2.99. The van der Waals surface area contributed by atoms with E-state index in [2.05, 4.69) is 55.6 Å². The van der Waals surface area contributed by atoms with Gasteiger partial charge in [0.05, 0.1) is 7.11 Å². The molecule has 1 N–H and O–H groups in total. The van der Waals surface area contributed by atoms with Crippen LogP contribution in [0.15, 0.2) is 42.5 Å². The van der Waals surface area contributed by atoms with Gasteiger partial charge in [0.25, 0.3) is 0 Å². The standard InChI is InChI=1S/C23H33NO2/c1-4-5-6-7-8-14-24-17-20-12-13-22(23(16-20)25-3)26-18-21-11-9-10-19(2)15-21/h9-13,15-16,24H,4-8,14,17-18H2,1-3H3. The Morgan fingerprint density at radius 1 is 0.885 bits per heavy atom. The smallest absolute Gasteiger partial charge is 0.161 e. The second kappa shape index (κ2) is 11.6. The fourth-order valence-electron chi connectivity index (χ4n) is 2.99. The molecule has 3 nitrogen and oxygen atoms in total. The molecule has 2 aromatic rings. The van der Waals surface area contributed by atoms with Crippen molar-refractivity contribution in [2.45, 2.75) is 59.1 Å². The van der Waals surface area contributed by atoms with E-state index in [1.807, 2.05) is 6.07 Å². The highest BCUT2D eigenvalue weighted by molar-refractivity contribution is 5.43. The van der Waals surface area contributed by atoms with Crippen molar-refractivity contribution < 1.29 is 9.47 Å². The molecule has 0 bridgehead atoms. The summed E-state index contributed by atoms with van der Waals surface area (Å²) in [5.41, 5.74) is 3.63. The van der Waals surface area contributed by atoms with Crippen molar-refractivity contribution in [2.24, 2.45) is 0 Å². The second-order valence-corrected chi connectivity index (χ2v) is 6.85. The molecule has 2 aromatic carbocycles. The number of nitrogens with one attached hydrogen (secondary N) is 1. The van der Waals surface area contributed by atoms with Crippen LogP contribution in [0.4, 0.5) is 0 Å². The third-order valence-corrected chi connectivity index (χ3v) is 4.49. The van der Waals surface area contributed by atoms with E-state index in [1.165, 1.54) is 48.8 Å². The molecule has 0 amide bonds. The summed E-state index contributed by atoms with van der Waals surface area (Å²) in [6.07, 6.45) is 6.55. The maximum Gasteiger partial charge on any atom is 0.161 e. The molecule has 0 aliphatic rings. The highest BCUT2D eigenvalue weighted by Gasteiger charge is 2.06. The predicted molar refractivity (Wildman–Crippen MR) is 109 cm³/mol. The molecule has 0 aliphatic heterocycles. The van der Waals surface area contributed by atoms with Crippen LogP contribution in [0.5, 0.6) is 11.5 Å². The topological polar surface area (TPSA) is 30.5 Å². The van der Waals surface area contributed by atoms with Gasteiger partial charge in [-0.2, -0.15) is 0 Å². The first kappa shape index (κ1) is 20.3. The number of rotatable bonds is 12. The van der Waals surface area contributed by atoms with Crippen LogP contribution >= 0.6 is 0 Å². The van der Waals surface area contributed by atoms with Crippen molar-refractivity contribution in [3.8, 4) is 11.5 Å². The Hall–Kier alpha value is -2.00. The molecule has 3 heteroatoms. The van der Waals surface area contributed by atoms with E-state index >= 15 is 0 Å². The van der Waals surface area contributed by atoms with Crippen molar-refractivity contribution in [3.63, 3.8) is 0 Å². The maximum absolute atomic E-state index is 5.96. The summed E-state index contributed by atoms with van der Waals surface area (Å²) in [5.74, 6) is 1.58. The van der Waals surface area contributed by atoms with Crippen LogP contribution in [0, 0.1) is 6.92 Å². The maximum atomic E-state index is 5.96. The molecule has 0 atom stereocenters. The average Bonchev–Trinajstić information content (AvgIpc) is 2.66. The first-order chi connectivity index (χ1) is 12.7. The van der Waals surface area contributed by atoms with Gasteiger partial charge in [-0.25, -0.2) is 0 Å². The van der Waals surface area contributed by atoms with E-state index in [-0.39, 0.29) is 0 Å². The first-order valence-corrected chi connectivity index (χ1v) is 9.79. The third-order valence-electron chi connectivity index (χ3n) is 4.49. The number of ether oxygens (including phenoxy) is 2. The van der Waals surface area contributed by atoms with Crippen molar-refractivity contribution in [1.29, 1.82) is 0 Å². The van der Waals surface area contributed by atoms with Gasteiger partial charge in [0, 0.05) is 6.54 Å². The van der Waals surface area contributed by atoms with Crippen LogP contribution in [0.2, 0.25) is 0 Å². The minimum atomic E-state index is 0.549. The van der Waals surface area contributed by atoms with Crippen LogP contribution in [-0.2, 0) is 13.2 Å².